The SMILES string of the molecule is Cc1ccccc1OCc1nnc(SCC(=O)N2CCN(C(=O)C3CC3)CC2)n1-c1ccccc1. The maximum absolute atomic E-state index is 12.9. The zero-order valence-corrected chi connectivity index (χ0v) is 20.6. The number of thioether (sulfide) groups is 1. The van der Waals surface area contributed by atoms with Crippen molar-refractivity contribution < 1.29 is 14.3 Å². The van der Waals surface area contributed by atoms with Crippen molar-refractivity contribution >= 4 is 23.6 Å². The Labute approximate surface area is 209 Å². The number of carbonyl (C=O) groups excluding carboxylic acids is 2. The van der Waals surface area contributed by atoms with E-state index in [1.165, 1.54) is 11.8 Å². The molecule has 182 valence electrons. The lowest BCUT2D eigenvalue weighted by molar-refractivity contribution is -0.139. The normalized spacial score (nSPS) is 15.8. The molecule has 1 aliphatic carbocycles. The average Bonchev–Trinajstić information content (AvgIpc) is 3.67. The van der Waals surface area contributed by atoms with Crippen LogP contribution in [0.5, 0.6) is 5.75 Å². The number of amides is 2. The number of hydrogen-bond donors (Lipinski definition) is 0. The van der Waals surface area contributed by atoms with Crippen LogP contribution in [0.2, 0.25) is 0 Å². The van der Waals surface area contributed by atoms with Crippen molar-refractivity contribution in [2.75, 3.05) is 31.9 Å². The van der Waals surface area contributed by atoms with E-state index in [1.54, 1.807) is 0 Å². The van der Waals surface area contributed by atoms with Gasteiger partial charge in [-0.25, -0.2) is 0 Å². The van der Waals surface area contributed by atoms with Crippen molar-refractivity contribution in [3.8, 4) is 11.4 Å². The minimum absolute atomic E-state index is 0.0499. The molecule has 1 aromatic heterocycles. The molecule has 0 unspecified atom stereocenters. The highest BCUT2D eigenvalue weighted by molar-refractivity contribution is 7.99. The molecule has 2 aromatic carbocycles. The summed E-state index contributed by atoms with van der Waals surface area (Å²) < 4.78 is 7.98. The molecule has 2 aliphatic rings. The summed E-state index contributed by atoms with van der Waals surface area (Å²) in [5, 5.41) is 9.40. The van der Waals surface area contributed by atoms with E-state index in [4.69, 9.17) is 4.74 Å². The summed E-state index contributed by atoms with van der Waals surface area (Å²) >= 11 is 1.37. The molecule has 3 aromatic rings. The second-order valence-corrected chi connectivity index (χ2v) is 9.84. The fraction of sp³-hybridized carbons (Fsp3) is 0.385. The first-order valence-corrected chi connectivity index (χ1v) is 13.0. The number of benzene rings is 2. The van der Waals surface area contributed by atoms with E-state index < -0.39 is 0 Å². The molecular weight excluding hydrogens is 462 g/mol. The molecule has 0 radical (unpaired) electrons. The molecule has 0 bridgehead atoms. The van der Waals surface area contributed by atoms with Crippen LogP contribution in [-0.4, -0.2) is 68.3 Å². The first-order chi connectivity index (χ1) is 17.1. The lowest BCUT2D eigenvalue weighted by Gasteiger charge is -2.34. The summed E-state index contributed by atoms with van der Waals surface area (Å²) in [6.45, 7) is 4.67. The van der Waals surface area contributed by atoms with Crippen molar-refractivity contribution in [1.29, 1.82) is 0 Å². The van der Waals surface area contributed by atoms with Crippen molar-refractivity contribution in [3.63, 3.8) is 0 Å². The van der Waals surface area contributed by atoms with Crippen LogP contribution in [0.1, 0.15) is 24.2 Å². The molecule has 0 atom stereocenters. The Morgan fingerprint density at radius 3 is 2.34 bits per heavy atom. The van der Waals surface area contributed by atoms with Crippen molar-refractivity contribution in [1.82, 2.24) is 24.6 Å². The minimum Gasteiger partial charge on any atom is -0.485 e. The van der Waals surface area contributed by atoms with Gasteiger partial charge >= 0.3 is 0 Å². The zero-order chi connectivity index (χ0) is 24.2. The Morgan fingerprint density at radius 2 is 1.63 bits per heavy atom. The van der Waals surface area contributed by atoms with Gasteiger partial charge in [0.25, 0.3) is 0 Å². The predicted molar refractivity (Wildman–Crippen MR) is 133 cm³/mol. The minimum atomic E-state index is 0.0499. The van der Waals surface area contributed by atoms with Crippen LogP contribution in [0.25, 0.3) is 5.69 Å². The summed E-state index contributed by atoms with van der Waals surface area (Å²) in [6, 6.07) is 17.7. The lowest BCUT2D eigenvalue weighted by atomic mass is 10.2. The van der Waals surface area contributed by atoms with Gasteiger partial charge in [0.05, 0.1) is 5.75 Å². The molecule has 1 aliphatic heterocycles. The van der Waals surface area contributed by atoms with Crippen LogP contribution in [0, 0.1) is 12.8 Å². The number of ether oxygens (including phenoxy) is 1. The van der Waals surface area contributed by atoms with E-state index >= 15 is 0 Å². The van der Waals surface area contributed by atoms with Crippen LogP contribution in [0.15, 0.2) is 59.8 Å². The molecule has 0 N–H and O–H groups in total. The number of rotatable bonds is 8. The van der Waals surface area contributed by atoms with Gasteiger partial charge in [-0.1, -0.05) is 48.2 Å². The molecule has 8 nitrogen and oxygen atoms in total. The first-order valence-electron chi connectivity index (χ1n) is 12.0. The fourth-order valence-electron chi connectivity index (χ4n) is 4.17. The van der Waals surface area contributed by atoms with Gasteiger partial charge < -0.3 is 14.5 Å². The van der Waals surface area contributed by atoms with Gasteiger partial charge in [-0.15, -0.1) is 10.2 Å². The first kappa shape index (κ1) is 23.4. The molecular formula is C26H29N5O3S. The average molecular weight is 492 g/mol. The molecule has 9 heteroatoms. The molecule has 35 heavy (non-hydrogen) atoms. The molecule has 2 amide bonds. The number of hydrogen-bond acceptors (Lipinski definition) is 6. The molecule has 0 spiro atoms. The topological polar surface area (TPSA) is 80.6 Å². The highest BCUT2D eigenvalue weighted by atomic mass is 32.2. The third kappa shape index (κ3) is 5.51. The maximum atomic E-state index is 12.9. The summed E-state index contributed by atoms with van der Waals surface area (Å²) in [5.41, 5.74) is 1.97. The van der Waals surface area contributed by atoms with E-state index in [1.807, 2.05) is 75.9 Å². The molecule has 2 fully saturated rings. The summed E-state index contributed by atoms with van der Waals surface area (Å²) in [4.78, 5) is 28.9. The number of nitrogens with zero attached hydrogens (tertiary/aromatic N) is 5. The third-order valence-corrected chi connectivity index (χ3v) is 7.27. The third-order valence-electron chi connectivity index (χ3n) is 6.36. The molecule has 2 heterocycles. The van der Waals surface area contributed by atoms with Crippen LogP contribution in [0.4, 0.5) is 0 Å². The second kappa shape index (κ2) is 10.5. The Balaban J connectivity index is 1.24. The largest absolute Gasteiger partial charge is 0.485 e. The van der Waals surface area contributed by atoms with Crippen molar-refractivity contribution in [2.45, 2.75) is 31.5 Å². The van der Waals surface area contributed by atoms with E-state index in [9.17, 15) is 9.59 Å². The van der Waals surface area contributed by atoms with Crippen LogP contribution in [-0.2, 0) is 16.2 Å². The maximum Gasteiger partial charge on any atom is 0.233 e. The Morgan fingerprint density at radius 1 is 0.943 bits per heavy atom. The van der Waals surface area contributed by atoms with E-state index in [-0.39, 0.29) is 30.1 Å². The predicted octanol–water partition coefficient (Wildman–Crippen LogP) is 3.33. The fourth-order valence-corrected chi connectivity index (χ4v) is 5.04. The lowest BCUT2D eigenvalue weighted by Crippen LogP contribution is -2.51. The van der Waals surface area contributed by atoms with Crippen LogP contribution >= 0.6 is 11.8 Å². The van der Waals surface area contributed by atoms with Gasteiger partial charge in [-0.3, -0.25) is 14.2 Å². The molecule has 1 saturated carbocycles. The Bertz CT molecular complexity index is 1190. The highest BCUT2D eigenvalue weighted by Gasteiger charge is 2.35. The Kier molecular flexibility index (Phi) is 7.03. The number of carbonyl (C=O) groups is 2. The van der Waals surface area contributed by atoms with Gasteiger partial charge in [0.1, 0.15) is 12.4 Å². The number of aromatic nitrogens is 3. The van der Waals surface area contributed by atoms with Gasteiger partial charge in [-0.05, 0) is 43.5 Å². The second-order valence-electron chi connectivity index (χ2n) is 8.89. The van der Waals surface area contributed by atoms with E-state index in [0.29, 0.717) is 37.2 Å². The van der Waals surface area contributed by atoms with Crippen LogP contribution in [0.3, 0.4) is 0 Å². The summed E-state index contributed by atoms with van der Waals surface area (Å²) in [6.07, 6.45) is 2.02. The van der Waals surface area contributed by atoms with Crippen LogP contribution < -0.4 is 4.74 Å². The zero-order valence-electron chi connectivity index (χ0n) is 19.8. The van der Waals surface area contributed by atoms with E-state index in [0.717, 1.165) is 29.8 Å². The van der Waals surface area contributed by atoms with Gasteiger partial charge in [0.2, 0.25) is 11.8 Å². The highest BCUT2D eigenvalue weighted by Crippen LogP contribution is 2.31. The van der Waals surface area contributed by atoms with Gasteiger partial charge in [-0.2, -0.15) is 0 Å². The monoisotopic (exact) mass is 491 g/mol. The van der Waals surface area contributed by atoms with Gasteiger partial charge in [0, 0.05) is 37.8 Å². The molecule has 5 rings (SSSR count). The van der Waals surface area contributed by atoms with Crippen molar-refractivity contribution in [3.05, 3.63) is 66.0 Å². The number of aryl methyl sites for hydroxylation is 1. The summed E-state index contributed by atoms with van der Waals surface area (Å²) in [5.74, 6) is 2.26. The Hall–Kier alpha value is -3.33. The smallest absolute Gasteiger partial charge is 0.233 e. The molecule has 1 saturated heterocycles. The number of para-hydroxylation sites is 2. The quantitative estimate of drug-likeness (QED) is 0.450. The number of piperazine rings is 1. The van der Waals surface area contributed by atoms with Gasteiger partial charge in [0.15, 0.2) is 11.0 Å². The van der Waals surface area contributed by atoms with Crippen molar-refractivity contribution in [2.24, 2.45) is 5.92 Å². The van der Waals surface area contributed by atoms with E-state index in [2.05, 4.69) is 10.2 Å². The summed E-state index contributed by atoms with van der Waals surface area (Å²) in [7, 11) is 0. The standard InChI is InChI=1S/C26H29N5O3S/c1-19-7-5-6-10-22(19)34-17-23-27-28-26(31(23)21-8-3-2-4-9-21)35-18-24(32)29-13-15-30(16-14-29)25(33)20-11-12-20/h2-10,20H,11-18H2,1H3.